The maximum atomic E-state index is 3.64. The van der Waals surface area contributed by atoms with Crippen molar-refractivity contribution in [3.05, 3.63) is 0 Å². The van der Waals surface area contributed by atoms with Crippen LogP contribution in [-0.2, 0) is 0 Å². The van der Waals surface area contributed by atoms with Crippen LogP contribution >= 0.6 is 0 Å². The van der Waals surface area contributed by atoms with Crippen LogP contribution in [0.2, 0.25) is 0 Å². The van der Waals surface area contributed by atoms with Crippen molar-refractivity contribution in [3.8, 4) is 0 Å². The van der Waals surface area contributed by atoms with Crippen LogP contribution in [0.25, 0.3) is 0 Å². The highest BCUT2D eigenvalue weighted by molar-refractivity contribution is 4.99. The summed E-state index contributed by atoms with van der Waals surface area (Å²) >= 11 is 0. The monoisotopic (exact) mass is 196 g/mol. The molecule has 0 spiro atoms. The van der Waals surface area contributed by atoms with E-state index in [1.165, 1.54) is 51.7 Å². The molecule has 0 radical (unpaired) electrons. The molecule has 0 aromatic rings. The van der Waals surface area contributed by atoms with Crippen LogP contribution in [0.15, 0.2) is 0 Å². The van der Waals surface area contributed by atoms with Crippen LogP contribution in [0.4, 0.5) is 0 Å². The maximum Gasteiger partial charge on any atom is 0.0332 e. The maximum absolute atomic E-state index is 3.64. The predicted molar refractivity (Wildman–Crippen MR) is 60.5 cm³/mol. The molecule has 1 unspecified atom stereocenters. The van der Waals surface area contributed by atoms with Crippen molar-refractivity contribution in [2.24, 2.45) is 0 Å². The SMILES string of the molecule is CCC1(CC)CNCC2CCCCN21. The predicted octanol–water partition coefficient (Wildman–Crippen LogP) is 2.00. The minimum atomic E-state index is 0.476. The van der Waals surface area contributed by atoms with Crippen LogP contribution < -0.4 is 5.32 Å². The summed E-state index contributed by atoms with van der Waals surface area (Å²) in [6, 6.07) is 0.831. The fourth-order valence-electron chi connectivity index (χ4n) is 3.32. The first-order chi connectivity index (χ1) is 6.82. The number of fused-ring (bicyclic) bond motifs is 1. The Labute approximate surface area is 88.1 Å². The molecule has 14 heavy (non-hydrogen) atoms. The Kier molecular flexibility index (Phi) is 3.13. The molecule has 2 aliphatic heterocycles. The molecule has 2 fully saturated rings. The molecule has 2 nitrogen and oxygen atoms in total. The highest BCUT2D eigenvalue weighted by Crippen LogP contribution is 2.32. The Morgan fingerprint density at radius 1 is 1.29 bits per heavy atom. The van der Waals surface area contributed by atoms with E-state index in [4.69, 9.17) is 0 Å². The van der Waals surface area contributed by atoms with Crippen molar-refractivity contribution in [1.82, 2.24) is 10.2 Å². The molecule has 82 valence electrons. The molecule has 0 aliphatic carbocycles. The average Bonchev–Trinajstić information content (AvgIpc) is 2.28. The van der Waals surface area contributed by atoms with Crippen molar-refractivity contribution >= 4 is 0 Å². The van der Waals surface area contributed by atoms with Gasteiger partial charge in [-0.05, 0) is 32.2 Å². The van der Waals surface area contributed by atoms with Crippen molar-refractivity contribution in [2.75, 3.05) is 19.6 Å². The second-order valence-corrected chi connectivity index (χ2v) is 4.91. The van der Waals surface area contributed by atoms with E-state index in [1.807, 2.05) is 0 Å². The van der Waals surface area contributed by atoms with Gasteiger partial charge in [-0.1, -0.05) is 20.3 Å². The van der Waals surface area contributed by atoms with Crippen LogP contribution in [0.5, 0.6) is 0 Å². The Hall–Kier alpha value is -0.0800. The molecule has 0 amide bonds. The molecule has 0 saturated carbocycles. The largest absolute Gasteiger partial charge is 0.313 e. The zero-order valence-electron chi connectivity index (χ0n) is 9.68. The minimum absolute atomic E-state index is 0.476. The van der Waals surface area contributed by atoms with Gasteiger partial charge in [0.15, 0.2) is 0 Å². The lowest BCUT2D eigenvalue weighted by Gasteiger charge is -2.53. The third kappa shape index (κ3) is 1.59. The summed E-state index contributed by atoms with van der Waals surface area (Å²) in [5, 5.41) is 3.64. The van der Waals surface area contributed by atoms with Crippen molar-refractivity contribution in [1.29, 1.82) is 0 Å². The third-order valence-electron chi connectivity index (χ3n) is 4.39. The van der Waals surface area contributed by atoms with Gasteiger partial charge in [0.2, 0.25) is 0 Å². The summed E-state index contributed by atoms with van der Waals surface area (Å²) < 4.78 is 0. The van der Waals surface area contributed by atoms with Crippen LogP contribution in [0.1, 0.15) is 46.0 Å². The fraction of sp³-hybridized carbons (Fsp3) is 1.00. The van der Waals surface area contributed by atoms with E-state index in [9.17, 15) is 0 Å². The van der Waals surface area contributed by atoms with E-state index in [2.05, 4.69) is 24.1 Å². The summed E-state index contributed by atoms with van der Waals surface area (Å²) in [5.74, 6) is 0. The minimum Gasteiger partial charge on any atom is -0.313 e. The molecule has 1 N–H and O–H groups in total. The number of hydrogen-bond donors (Lipinski definition) is 1. The molecule has 2 aliphatic rings. The second-order valence-electron chi connectivity index (χ2n) is 4.91. The van der Waals surface area contributed by atoms with Crippen LogP contribution in [0.3, 0.4) is 0 Å². The van der Waals surface area contributed by atoms with Gasteiger partial charge in [0, 0.05) is 24.7 Å². The normalized spacial score (nSPS) is 32.6. The van der Waals surface area contributed by atoms with Crippen molar-refractivity contribution < 1.29 is 0 Å². The van der Waals surface area contributed by atoms with Gasteiger partial charge in [-0.2, -0.15) is 0 Å². The van der Waals surface area contributed by atoms with E-state index >= 15 is 0 Å². The van der Waals surface area contributed by atoms with Gasteiger partial charge >= 0.3 is 0 Å². The topological polar surface area (TPSA) is 15.3 Å². The zero-order valence-corrected chi connectivity index (χ0v) is 9.68. The standard InChI is InChI=1S/C12H24N2/c1-3-12(4-2)10-13-9-11-7-5-6-8-14(11)12/h11,13H,3-10H2,1-2H3. The number of nitrogens with one attached hydrogen (secondary N) is 1. The van der Waals surface area contributed by atoms with Crippen LogP contribution in [-0.4, -0.2) is 36.1 Å². The molecule has 2 heteroatoms. The molecule has 0 aromatic heterocycles. The van der Waals surface area contributed by atoms with Crippen molar-refractivity contribution in [3.63, 3.8) is 0 Å². The lowest BCUT2D eigenvalue weighted by Crippen LogP contribution is -2.66. The Morgan fingerprint density at radius 2 is 2.07 bits per heavy atom. The Bertz CT molecular complexity index is 185. The highest BCUT2D eigenvalue weighted by Gasteiger charge is 2.41. The van der Waals surface area contributed by atoms with Gasteiger partial charge in [-0.15, -0.1) is 0 Å². The quantitative estimate of drug-likeness (QED) is 0.727. The number of piperidine rings is 1. The molecule has 2 saturated heterocycles. The van der Waals surface area contributed by atoms with E-state index in [-0.39, 0.29) is 0 Å². The van der Waals surface area contributed by atoms with Gasteiger partial charge < -0.3 is 5.32 Å². The van der Waals surface area contributed by atoms with E-state index in [0.29, 0.717) is 5.54 Å². The number of rotatable bonds is 2. The Morgan fingerprint density at radius 3 is 2.79 bits per heavy atom. The van der Waals surface area contributed by atoms with Gasteiger partial charge in [-0.25, -0.2) is 0 Å². The van der Waals surface area contributed by atoms with Crippen molar-refractivity contribution in [2.45, 2.75) is 57.5 Å². The van der Waals surface area contributed by atoms with E-state index < -0.39 is 0 Å². The first kappa shape index (κ1) is 10.4. The van der Waals surface area contributed by atoms with E-state index in [1.54, 1.807) is 0 Å². The molecule has 0 aromatic carbocycles. The number of piperazine rings is 1. The first-order valence-electron chi connectivity index (χ1n) is 6.30. The fourth-order valence-corrected chi connectivity index (χ4v) is 3.32. The smallest absolute Gasteiger partial charge is 0.0332 e. The molecular weight excluding hydrogens is 172 g/mol. The summed E-state index contributed by atoms with van der Waals surface area (Å²) in [5.41, 5.74) is 0.476. The lowest BCUT2D eigenvalue weighted by atomic mass is 9.83. The molecule has 1 atom stereocenters. The summed E-state index contributed by atoms with van der Waals surface area (Å²) in [6.45, 7) is 8.47. The Balaban J connectivity index is 2.14. The summed E-state index contributed by atoms with van der Waals surface area (Å²) in [4.78, 5) is 2.81. The van der Waals surface area contributed by atoms with Gasteiger partial charge in [0.05, 0.1) is 0 Å². The highest BCUT2D eigenvalue weighted by atomic mass is 15.3. The zero-order chi connectivity index (χ0) is 10.0. The first-order valence-corrected chi connectivity index (χ1v) is 6.30. The van der Waals surface area contributed by atoms with Gasteiger partial charge in [0.1, 0.15) is 0 Å². The second kappa shape index (κ2) is 4.19. The average molecular weight is 196 g/mol. The molecule has 2 rings (SSSR count). The summed E-state index contributed by atoms with van der Waals surface area (Å²) in [7, 11) is 0. The van der Waals surface area contributed by atoms with Gasteiger partial charge in [0.25, 0.3) is 0 Å². The lowest BCUT2D eigenvalue weighted by molar-refractivity contribution is -0.0150. The summed E-state index contributed by atoms with van der Waals surface area (Å²) in [6.07, 6.45) is 6.86. The van der Waals surface area contributed by atoms with E-state index in [0.717, 1.165) is 6.04 Å². The number of nitrogens with zero attached hydrogens (tertiary/aromatic N) is 1. The van der Waals surface area contributed by atoms with Crippen LogP contribution in [0, 0.1) is 0 Å². The molecular formula is C12H24N2. The molecule has 0 bridgehead atoms. The third-order valence-corrected chi connectivity index (χ3v) is 4.39. The molecule has 2 heterocycles. The number of hydrogen-bond acceptors (Lipinski definition) is 2. The van der Waals surface area contributed by atoms with Gasteiger partial charge in [-0.3, -0.25) is 4.90 Å².